The van der Waals surface area contributed by atoms with Crippen LogP contribution in [-0.4, -0.2) is 36.0 Å². The Kier molecular flexibility index (Phi) is 9.88. The van der Waals surface area contributed by atoms with Crippen molar-refractivity contribution in [2.24, 2.45) is 0 Å². The molecule has 1 N–H and O–H groups in total. The topological polar surface area (TPSA) is 89.9 Å². The standard InChI is InChI=1S/C14H16O3.C9H10O3/c1-4-17-14(16)12-7-5-11(6-8-12)13(15)9-10(2)3;1-2-12-9(11)7-3-5-8(10)6-4-7/h5-8H,2,4,9H2,1,3H3;3-6,10H,2H2,1H3. The Morgan fingerprint density at radius 2 is 1.17 bits per heavy atom. The van der Waals surface area contributed by atoms with E-state index < -0.39 is 0 Å². The molecule has 2 rings (SSSR count). The lowest BCUT2D eigenvalue weighted by Gasteiger charge is -2.03. The fourth-order valence-electron chi connectivity index (χ4n) is 2.19. The molecule has 0 aliphatic rings. The lowest BCUT2D eigenvalue weighted by atomic mass is 10.0. The van der Waals surface area contributed by atoms with Crippen molar-refractivity contribution in [1.29, 1.82) is 0 Å². The Hall–Kier alpha value is -3.41. The second-order valence-corrected chi connectivity index (χ2v) is 6.12. The molecule has 0 bridgehead atoms. The predicted octanol–water partition coefficient (Wildman–Crippen LogP) is 4.58. The molecule has 0 amide bonds. The molecule has 0 aliphatic carbocycles. The molecule has 6 heteroatoms. The van der Waals surface area contributed by atoms with Crippen LogP contribution in [0.5, 0.6) is 5.75 Å². The maximum atomic E-state index is 11.7. The van der Waals surface area contributed by atoms with Crippen molar-refractivity contribution in [2.45, 2.75) is 27.2 Å². The summed E-state index contributed by atoms with van der Waals surface area (Å²) in [5.74, 6) is -0.583. The lowest BCUT2D eigenvalue weighted by molar-refractivity contribution is 0.0516. The number of ketones is 1. The highest BCUT2D eigenvalue weighted by atomic mass is 16.5. The number of Topliss-reactive ketones (excluding diaryl/α,β-unsaturated/α-hetero) is 1. The lowest BCUT2D eigenvalue weighted by Crippen LogP contribution is -2.05. The molecule has 0 heterocycles. The van der Waals surface area contributed by atoms with Gasteiger partial charge in [0, 0.05) is 12.0 Å². The van der Waals surface area contributed by atoms with Crippen molar-refractivity contribution in [1.82, 2.24) is 0 Å². The summed E-state index contributed by atoms with van der Waals surface area (Å²) in [4.78, 5) is 34.1. The largest absolute Gasteiger partial charge is 0.508 e. The molecular weight excluding hydrogens is 372 g/mol. The number of carbonyl (C=O) groups is 3. The Balaban J connectivity index is 0.000000308. The molecule has 2 aromatic rings. The number of benzene rings is 2. The van der Waals surface area contributed by atoms with Gasteiger partial charge in [0.25, 0.3) is 0 Å². The number of ether oxygens (including phenoxy) is 2. The third-order valence-corrected chi connectivity index (χ3v) is 3.56. The molecule has 0 saturated carbocycles. The highest BCUT2D eigenvalue weighted by molar-refractivity contribution is 5.98. The Labute approximate surface area is 170 Å². The second-order valence-electron chi connectivity index (χ2n) is 6.12. The van der Waals surface area contributed by atoms with Gasteiger partial charge in [-0.1, -0.05) is 24.3 Å². The average molecular weight is 398 g/mol. The van der Waals surface area contributed by atoms with Gasteiger partial charge >= 0.3 is 11.9 Å². The van der Waals surface area contributed by atoms with Gasteiger partial charge in [-0.15, -0.1) is 0 Å². The Morgan fingerprint density at radius 1 is 0.793 bits per heavy atom. The number of aromatic hydroxyl groups is 1. The van der Waals surface area contributed by atoms with E-state index in [9.17, 15) is 14.4 Å². The van der Waals surface area contributed by atoms with Crippen LogP contribution >= 0.6 is 0 Å². The first-order valence-corrected chi connectivity index (χ1v) is 9.19. The van der Waals surface area contributed by atoms with Crippen LogP contribution in [0.15, 0.2) is 60.7 Å². The van der Waals surface area contributed by atoms with Crippen LogP contribution in [0.2, 0.25) is 0 Å². The first-order valence-electron chi connectivity index (χ1n) is 9.19. The van der Waals surface area contributed by atoms with E-state index >= 15 is 0 Å². The molecule has 2 aromatic carbocycles. The molecule has 29 heavy (non-hydrogen) atoms. The van der Waals surface area contributed by atoms with Crippen LogP contribution < -0.4 is 0 Å². The maximum absolute atomic E-state index is 11.7. The van der Waals surface area contributed by atoms with E-state index in [0.717, 1.165) is 5.57 Å². The van der Waals surface area contributed by atoms with Crippen molar-refractivity contribution in [3.05, 3.63) is 77.4 Å². The van der Waals surface area contributed by atoms with Gasteiger partial charge in [-0.2, -0.15) is 0 Å². The number of carbonyl (C=O) groups excluding carboxylic acids is 3. The van der Waals surface area contributed by atoms with E-state index in [1.807, 2.05) is 6.92 Å². The first-order chi connectivity index (χ1) is 13.8. The number of esters is 2. The molecule has 0 aromatic heterocycles. The summed E-state index contributed by atoms with van der Waals surface area (Å²) in [6.07, 6.45) is 0.332. The summed E-state index contributed by atoms with van der Waals surface area (Å²) in [6, 6.07) is 12.4. The molecule has 0 radical (unpaired) electrons. The Bertz CT molecular complexity index is 835. The molecule has 154 valence electrons. The van der Waals surface area contributed by atoms with E-state index in [0.29, 0.717) is 36.3 Å². The molecule has 6 nitrogen and oxygen atoms in total. The van der Waals surface area contributed by atoms with Gasteiger partial charge in [-0.25, -0.2) is 9.59 Å². The number of phenolic OH excluding ortho intramolecular Hbond substituents is 1. The number of hydrogen-bond acceptors (Lipinski definition) is 6. The summed E-state index contributed by atoms with van der Waals surface area (Å²) in [6.45, 7) is 9.71. The zero-order valence-corrected chi connectivity index (χ0v) is 16.9. The molecule has 0 saturated heterocycles. The minimum Gasteiger partial charge on any atom is -0.508 e. The second kappa shape index (κ2) is 12.1. The first kappa shape index (κ1) is 23.6. The number of rotatable bonds is 7. The third-order valence-electron chi connectivity index (χ3n) is 3.56. The zero-order chi connectivity index (χ0) is 21.8. The van der Waals surface area contributed by atoms with E-state index in [2.05, 4.69) is 6.58 Å². The predicted molar refractivity (Wildman–Crippen MR) is 110 cm³/mol. The van der Waals surface area contributed by atoms with Crippen LogP contribution in [0.3, 0.4) is 0 Å². The smallest absolute Gasteiger partial charge is 0.338 e. The van der Waals surface area contributed by atoms with Crippen molar-refractivity contribution in [2.75, 3.05) is 13.2 Å². The van der Waals surface area contributed by atoms with Crippen molar-refractivity contribution in [3.63, 3.8) is 0 Å². The van der Waals surface area contributed by atoms with Crippen LogP contribution in [-0.2, 0) is 9.47 Å². The summed E-state index contributed by atoms with van der Waals surface area (Å²) < 4.78 is 9.60. The number of phenols is 1. The SMILES string of the molecule is C=C(C)CC(=O)c1ccc(C(=O)OCC)cc1.CCOC(=O)c1ccc(O)cc1. The molecular formula is C23H26O6. The van der Waals surface area contributed by atoms with Gasteiger partial charge < -0.3 is 14.6 Å². The maximum Gasteiger partial charge on any atom is 0.338 e. The summed E-state index contributed by atoms with van der Waals surface area (Å²) in [5, 5.41) is 8.92. The fraction of sp³-hybridized carbons (Fsp3) is 0.261. The van der Waals surface area contributed by atoms with Crippen molar-refractivity contribution >= 4 is 17.7 Å². The molecule has 0 fully saturated rings. The van der Waals surface area contributed by atoms with Crippen LogP contribution in [0, 0.1) is 0 Å². The average Bonchev–Trinajstić information content (AvgIpc) is 2.69. The monoisotopic (exact) mass is 398 g/mol. The molecule has 0 unspecified atom stereocenters. The summed E-state index contributed by atoms with van der Waals surface area (Å²) in [5.41, 5.74) is 2.32. The zero-order valence-electron chi connectivity index (χ0n) is 16.9. The highest BCUT2D eigenvalue weighted by Gasteiger charge is 2.09. The number of allylic oxidation sites excluding steroid dienone is 1. The van der Waals surface area contributed by atoms with Gasteiger partial charge in [-0.05, 0) is 57.2 Å². The van der Waals surface area contributed by atoms with Crippen LogP contribution in [0.1, 0.15) is 58.3 Å². The third kappa shape index (κ3) is 8.43. The van der Waals surface area contributed by atoms with Gasteiger partial charge in [0.15, 0.2) is 5.78 Å². The van der Waals surface area contributed by atoms with Crippen molar-refractivity contribution < 1.29 is 29.0 Å². The fourth-order valence-corrected chi connectivity index (χ4v) is 2.19. The van der Waals surface area contributed by atoms with Gasteiger partial charge in [0.05, 0.1) is 24.3 Å². The van der Waals surface area contributed by atoms with Gasteiger partial charge in [0.1, 0.15) is 5.75 Å². The summed E-state index contributed by atoms with van der Waals surface area (Å²) >= 11 is 0. The van der Waals surface area contributed by atoms with E-state index in [-0.39, 0.29) is 23.5 Å². The summed E-state index contributed by atoms with van der Waals surface area (Å²) in [7, 11) is 0. The molecule has 0 aliphatic heterocycles. The quantitative estimate of drug-likeness (QED) is 0.417. The van der Waals surface area contributed by atoms with E-state index in [1.165, 1.54) is 24.3 Å². The molecule has 0 atom stereocenters. The minimum absolute atomic E-state index is 0.00732. The highest BCUT2D eigenvalue weighted by Crippen LogP contribution is 2.11. The van der Waals surface area contributed by atoms with Gasteiger partial charge in [0.2, 0.25) is 0 Å². The Morgan fingerprint density at radius 3 is 1.55 bits per heavy atom. The van der Waals surface area contributed by atoms with Gasteiger partial charge in [-0.3, -0.25) is 4.79 Å². The van der Waals surface area contributed by atoms with E-state index in [4.69, 9.17) is 14.6 Å². The normalized spacial score (nSPS) is 9.62. The van der Waals surface area contributed by atoms with E-state index in [1.54, 1.807) is 38.1 Å². The number of hydrogen-bond donors (Lipinski definition) is 1. The van der Waals surface area contributed by atoms with Crippen LogP contribution in [0.25, 0.3) is 0 Å². The minimum atomic E-state index is -0.369. The van der Waals surface area contributed by atoms with Crippen LogP contribution in [0.4, 0.5) is 0 Å². The van der Waals surface area contributed by atoms with Crippen molar-refractivity contribution in [3.8, 4) is 5.75 Å². The molecule has 0 spiro atoms.